The van der Waals surface area contributed by atoms with Crippen molar-refractivity contribution in [3.05, 3.63) is 45.9 Å². The average molecular weight is 420 g/mol. The molecule has 0 saturated heterocycles. The molecule has 1 aliphatic rings. The van der Waals surface area contributed by atoms with Gasteiger partial charge in [0.2, 0.25) is 5.95 Å². The molecule has 0 bridgehead atoms. The lowest BCUT2D eigenvalue weighted by Gasteiger charge is -2.23. The molecule has 4 rings (SSSR count). The Kier molecular flexibility index (Phi) is 5.08. The molecule has 2 aromatic carbocycles. The molecule has 0 saturated carbocycles. The van der Waals surface area contributed by atoms with Gasteiger partial charge in [-0.15, -0.1) is 0 Å². The molecule has 0 unspecified atom stereocenters. The zero-order valence-corrected chi connectivity index (χ0v) is 17.0. The van der Waals surface area contributed by atoms with Crippen LogP contribution >= 0.6 is 23.2 Å². The second-order valence-corrected chi connectivity index (χ2v) is 7.34. The van der Waals surface area contributed by atoms with Crippen molar-refractivity contribution < 1.29 is 14.3 Å². The summed E-state index contributed by atoms with van der Waals surface area (Å²) >= 11 is 12.9. The van der Waals surface area contributed by atoms with Crippen LogP contribution in [0.5, 0.6) is 5.75 Å². The van der Waals surface area contributed by atoms with E-state index in [4.69, 9.17) is 37.7 Å². The van der Waals surface area contributed by atoms with Crippen LogP contribution < -0.4 is 9.64 Å². The van der Waals surface area contributed by atoms with E-state index in [1.54, 1.807) is 25.3 Å². The summed E-state index contributed by atoms with van der Waals surface area (Å²) in [6.45, 7) is 1.47. The molecule has 3 aromatic rings. The van der Waals surface area contributed by atoms with Crippen molar-refractivity contribution in [1.82, 2.24) is 9.55 Å². The Labute approximate surface area is 172 Å². The van der Waals surface area contributed by atoms with Crippen LogP contribution in [0.2, 0.25) is 10.0 Å². The molecule has 2 heterocycles. The van der Waals surface area contributed by atoms with Crippen LogP contribution in [-0.4, -0.2) is 36.3 Å². The summed E-state index contributed by atoms with van der Waals surface area (Å²) in [4.78, 5) is 19.2. The lowest BCUT2D eigenvalue weighted by Crippen LogP contribution is -2.20. The van der Waals surface area contributed by atoms with E-state index in [1.165, 1.54) is 7.11 Å². The molecule has 0 aliphatic carbocycles. The van der Waals surface area contributed by atoms with Gasteiger partial charge < -0.3 is 18.9 Å². The van der Waals surface area contributed by atoms with E-state index in [1.807, 2.05) is 16.7 Å². The number of methoxy groups -OCH3 is 2. The minimum absolute atomic E-state index is 0.414. The van der Waals surface area contributed by atoms with Gasteiger partial charge in [0.25, 0.3) is 0 Å². The number of hydrogen-bond donors (Lipinski definition) is 0. The minimum Gasteiger partial charge on any atom is -0.497 e. The van der Waals surface area contributed by atoms with Crippen molar-refractivity contribution in [3.63, 3.8) is 0 Å². The summed E-state index contributed by atoms with van der Waals surface area (Å²) in [5.41, 5.74) is 2.54. The first-order chi connectivity index (χ1) is 13.5. The first kappa shape index (κ1) is 18.9. The lowest BCUT2D eigenvalue weighted by molar-refractivity contribution is 0.0602. The number of imidazole rings is 1. The van der Waals surface area contributed by atoms with Crippen molar-refractivity contribution in [1.29, 1.82) is 0 Å². The molecule has 1 aromatic heterocycles. The topological polar surface area (TPSA) is 56.6 Å². The van der Waals surface area contributed by atoms with E-state index < -0.39 is 5.97 Å². The van der Waals surface area contributed by atoms with Crippen molar-refractivity contribution in [2.75, 3.05) is 25.7 Å². The fourth-order valence-electron chi connectivity index (χ4n) is 3.59. The molecule has 8 heteroatoms. The predicted octanol–water partition coefficient (Wildman–Crippen LogP) is 5.07. The van der Waals surface area contributed by atoms with Gasteiger partial charge >= 0.3 is 5.97 Å². The van der Waals surface area contributed by atoms with Crippen LogP contribution in [0.4, 0.5) is 11.6 Å². The highest BCUT2D eigenvalue weighted by Crippen LogP contribution is 2.39. The van der Waals surface area contributed by atoms with Crippen molar-refractivity contribution >= 4 is 51.8 Å². The number of aryl methyl sites for hydroxylation is 1. The van der Waals surface area contributed by atoms with E-state index in [0.717, 1.165) is 31.6 Å². The van der Waals surface area contributed by atoms with E-state index in [-0.39, 0.29) is 0 Å². The van der Waals surface area contributed by atoms with Gasteiger partial charge in [0.1, 0.15) is 11.3 Å². The smallest absolute Gasteiger partial charge is 0.340 e. The van der Waals surface area contributed by atoms with Gasteiger partial charge in [-0.2, -0.15) is 0 Å². The number of carbonyl (C=O) groups excluding carboxylic acids is 1. The maximum absolute atomic E-state index is 12.3. The van der Waals surface area contributed by atoms with Gasteiger partial charge in [-0.25, -0.2) is 9.78 Å². The number of rotatable bonds is 3. The number of halogens is 2. The van der Waals surface area contributed by atoms with Gasteiger partial charge in [-0.1, -0.05) is 23.2 Å². The quantitative estimate of drug-likeness (QED) is 0.554. The standard InChI is InChI=1S/C20H19Cl2N3O3/c1-27-12-5-8-16(15(22)11-12)24-9-3-4-10-25-18-13(19(26)28-2)6-7-14(21)17(18)23-20(24)25/h5-8,11H,3-4,9-10H2,1-2H3. The molecule has 6 nitrogen and oxygen atoms in total. The van der Waals surface area contributed by atoms with Crippen LogP contribution in [0.25, 0.3) is 11.0 Å². The third-order valence-electron chi connectivity index (χ3n) is 4.93. The monoisotopic (exact) mass is 419 g/mol. The maximum atomic E-state index is 12.3. The zero-order valence-electron chi connectivity index (χ0n) is 15.5. The predicted molar refractivity (Wildman–Crippen MR) is 110 cm³/mol. The number of anilines is 2. The Morgan fingerprint density at radius 2 is 1.86 bits per heavy atom. The summed E-state index contributed by atoms with van der Waals surface area (Å²) in [5.74, 6) is 0.980. The molecule has 146 valence electrons. The Bertz CT molecular complexity index is 1060. The lowest BCUT2D eigenvalue weighted by atomic mass is 10.1. The molecular weight excluding hydrogens is 401 g/mol. The van der Waals surface area contributed by atoms with Gasteiger partial charge in [-0.3, -0.25) is 0 Å². The Balaban J connectivity index is 1.95. The number of aromatic nitrogens is 2. The fraction of sp³-hybridized carbons (Fsp3) is 0.300. The van der Waals surface area contributed by atoms with E-state index in [9.17, 15) is 4.79 Å². The summed E-state index contributed by atoms with van der Waals surface area (Å²) in [7, 11) is 2.97. The number of nitrogens with zero attached hydrogens (tertiary/aromatic N) is 3. The summed E-state index contributed by atoms with van der Waals surface area (Å²) in [6, 6.07) is 8.92. The molecule has 28 heavy (non-hydrogen) atoms. The highest BCUT2D eigenvalue weighted by molar-refractivity contribution is 6.35. The number of carbonyl (C=O) groups is 1. The molecular formula is C20H19Cl2N3O3. The summed E-state index contributed by atoms with van der Waals surface area (Å²) in [6.07, 6.45) is 1.90. The van der Waals surface area contributed by atoms with Crippen LogP contribution in [0.3, 0.4) is 0 Å². The number of esters is 1. The second-order valence-electron chi connectivity index (χ2n) is 6.52. The number of hydrogen-bond acceptors (Lipinski definition) is 5. The molecule has 0 atom stereocenters. The highest BCUT2D eigenvalue weighted by Gasteiger charge is 2.27. The SMILES string of the molecule is COC(=O)c1ccc(Cl)c2nc3n(c12)CCCCN3c1ccc(OC)cc1Cl. The molecule has 0 radical (unpaired) electrons. The number of benzene rings is 2. The van der Waals surface area contributed by atoms with E-state index in [0.29, 0.717) is 38.3 Å². The molecule has 0 N–H and O–H groups in total. The van der Waals surface area contributed by atoms with Gasteiger partial charge in [0, 0.05) is 19.2 Å². The fourth-order valence-corrected chi connectivity index (χ4v) is 4.06. The van der Waals surface area contributed by atoms with Crippen molar-refractivity contribution in [2.45, 2.75) is 19.4 Å². The van der Waals surface area contributed by atoms with Crippen LogP contribution in [0, 0.1) is 0 Å². The zero-order chi connectivity index (χ0) is 19.8. The first-order valence-corrected chi connectivity index (χ1v) is 9.69. The number of ether oxygens (including phenoxy) is 2. The van der Waals surface area contributed by atoms with Crippen LogP contribution in [0.15, 0.2) is 30.3 Å². The highest BCUT2D eigenvalue weighted by atomic mass is 35.5. The van der Waals surface area contributed by atoms with Crippen molar-refractivity contribution in [3.8, 4) is 5.75 Å². The Hall–Kier alpha value is -2.44. The second kappa shape index (κ2) is 7.53. The third-order valence-corrected chi connectivity index (χ3v) is 5.54. The van der Waals surface area contributed by atoms with Gasteiger partial charge in [-0.05, 0) is 37.1 Å². The first-order valence-electron chi connectivity index (χ1n) is 8.93. The molecule has 0 fully saturated rings. The largest absolute Gasteiger partial charge is 0.497 e. The molecule has 0 amide bonds. The minimum atomic E-state index is -0.414. The number of fused-ring (bicyclic) bond motifs is 3. The van der Waals surface area contributed by atoms with Crippen molar-refractivity contribution in [2.24, 2.45) is 0 Å². The Morgan fingerprint density at radius 3 is 2.57 bits per heavy atom. The average Bonchev–Trinajstić information content (AvgIpc) is 2.96. The molecule has 1 aliphatic heterocycles. The Morgan fingerprint density at radius 1 is 1.07 bits per heavy atom. The van der Waals surface area contributed by atoms with Gasteiger partial charge in [0.15, 0.2) is 0 Å². The summed E-state index contributed by atoms with van der Waals surface area (Å²) in [5, 5.41) is 1.06. The van der Waals surface area contributed by atoms with Gasteiger partial charge in [0.05, 0.1) is 41.0 Å². The summed E-state index contributed by atoms with van der Waals surface area (Å²) < 4.78 is 12.2. The van der Waals surface area contributed by atoms with E-state index in [2.05, 4.69) is 4.90 Å². The third kappa shape index (κ3) is 3.06. The normalized spacial score (nSPS) is 13.9. The van der Waals surface area contributed by atoms with Crippen LogP contribution in [0.1, 0.15) is 23.2 Å². The van der Waals surface area contributed by atoms with Crippen LogP contribution in [-0.2, 0) is 11.3 Å². The van der Waals surface area contributed by atoms with E-state index >= 15 is 0 Å². The maximum Gasteiger partial charge on any atom is 0.340 e. The molecule has 0 spiro atoms.